The fourth-order valence-corrected chi connectivity index (χ4v) is 2.89. The molecule has 1 N–H and O–H groups in total. The first-order valence-corrected chi connectivity index (χ1v) is 9.67. The molecule has 2 amide bonds. The molecule has 1 aromatic heterocycles. The summed E-state index contributed by atoms with van der Waals surface area (Å²) >= 11 is 5.86. The summed E-state index contributed by atoms with van der Waals surface area (Å²) < 4.78 is 1.61. The second-order valence-corrected chi connectivity index (χ2v) is 6.95. The molecule has 1 heterocycles. The van der Waals surface area contributed by atoms with Crippen LogP contribution in [0.3, 0.4) is 0 Å². The molecule has 3 rings (SSSR count). The molecule has 3 aromatic rings. The summed E-state index contributed by atoms with van der Waals surface area (Å²) in [4.78, 5) is 26.4. The van der Waals surface area contributed by atoms with E-state index in [1.165, 1.54) is 4.90 Å². The lowest BCUT2D eigenvalue weighted by Gasteiger charge is -2.19. The third-order valence-corrected chi connectivity index (χ3v) is 4.60. The molecule has 0 spiro atoms. The highest BCUT2D eigenvalue weighted by Gasteiger charge is 2.20. The van der Waals surface area contributed by atoms with Gasteiger partial charge >= 0.3 is 0 Å². The Balaban J connectivity index is 1.55. The van der Waals surface area contributed by atoms with Crippen molar-refractivity contribution >= 4 is 23.4 Å². The highest BCUT2D eigenvalue weighted by Crippen LogP contribution is 2.09. The predicted octanol–water partition coefficient (Wildman–Crippen LogP) is 2.76. The van der Waals surface area contributed by atoms with E-state index < -0.39 is 0 Å². The zero-order chi connectivity index (χ0) is 20.6. The van der Waals surface area contributed by atoms with Gasteiger partial charge in [0.05, 0.1) is 19.3 Å². The van der Waals surface area contributed by atoms with Crippen molar-refractivity contribution in [3.05, 3.63) is 82.6 Å². The average molecular weight is 412 g/mol. The van der Waals surface area contributed by atoms with Crippen LogP contribution >= 0.6 is 11.6 Å². The molecular weight excluding hydrogens is 390 g/mol. The fraction of sp³-hybridized carbons (Fsp3) is 0.238. The van der Waals surface area contributed by atoms with Gasteiger partial charge in [-0.1, -0.05) is 59.3 Å². The molecule has 150 valence electrons. The normalized spacial score (nSPS) is 10.6. The van der Waals surface area contributed by atoms with E-state index in [9.17, 15) is 9.59 Å². The second kappa shape index (κ2) is 9.84. The average Bonchev–Trinajstić information content (AvgIpc) is 3.20. The molecule has 0 fully saturated rings. The first-order valence-electron chi connectivity index (χ1n) is 9.29. The van der Waals surface area contributed by atoms with Gasteiger partial charge in [0.1, 0.15) is 0 Å². The van der Waals surface area contributed by atoms with Gasteiger partial charge in [0.15, 0.2) is 5.69 Å². The lowest BCUT2D eigenvalue weighted by Crippen LogP contribution is -2.40. The Morgan fingerprint density at radius 1 is 1.07 bits per heavy atom. The Hall–Kier alpha value is -3.19. The third-order valence-electron chi connectivity index (χ3n) is 4.35. The molecule has 0 aliphatic rings. The zero-order valence-corrected chi connectivity index (χ0v) is 16.8. The number of likely N-dealkylation sites (N-methyl/N-ethyl adjacent to an activating group) is 1. The minimum absolute atomic E-state index is 0.0472. The van der Waals surface area contributed by atoms with Gasteiger partial charge in [-0.2, -0.15) is 0 Å². The number of hydrogen-bond donors (Lipinski definition) is 1. The Kier molecular flexibility index (Phi) is 6.97. The van der Waals surface area contributed by atoms with Gasteiger partial charge in [-0.25, -0.2) is 4.68 Å². The number of carbonyl (C=O) groups is 2. The maximum Gasteiger partial charge on any atom is 0.276 e. The number of amides is 2. The molecule has 0 aliphatic carbocycles. The molecule has 29 heavy (non-hydrogen) atoms. The molecule has 7 nitrogen and oxygen atoms in total. The monoisotopic (exact) mass is 411 g/mol. The van der Waals surface area contributed by atoms with Crippen LogP contribution in [0.25, 0.3) is 0 Å². The number of benzene rings is 2. The topological polar surface area (TPSA) is 80.1 Å². The summed E-state index contributed by atoms with van der Waals surface area (Å²) in [6.45, 7) is 3.05. The van der Waals surface area contributed by atoms with Crippen LogP contribution in [0.4, 0.5) is 0 Å². The van der Waals surface area contributed by atoms with E-state index in [4.69, 9.17) is 11.6 Å². The SMILES string of the molecule is CCN(CC(=O)NCc1ccc(Cl)cc1)C(=O)c1cn(Cc2ccccc2)nn1. The van der Waals surface area contributed by atoms with Gasteiger partial charge in [-0.15, -0.1) is 5.10 Å². The number of aromatic nitrogens is 3. The minimum Gasteiger partial charge on any atom is -0.350 e. The van der Waals surface area contributed by atoms with E-state index in [1.807, 2.05) is 49.4 Å². The molecule has 0 saturated heterocycles. The van der Waals surface area contributed by atoms with E-state index in [2.05, 4.69) is 15.6 Å². The number of rotatable bonds is 8. The van der Waals surface area contributed by atoms with Crippen molar-refractivity contribution in [2.24, 2.45) is 0 Å². The van der Waals surface area contributed by atoms with E-state index in [0.717, 1.165) is 11.1 Å². The van der Waals surface area contributed by atoms with Crippen LogP contribution in [0.1, 0.15) is 28.5 Å². The van der Waals surface area contributed by atoms with Crippen molar-refractivity contribution < 1.29 is 9.59 Å². The standard InChI is InChI=1S/C21H22ClN5O2/c1-2-26(15-20(28)23-12-16-8-10-18(22)11-9-16)21(29)19-14-27(25-24-19)13-17-6-4-3-5-7-17/h3-11,14H,2,12-13,15H2,1H3,(H,23,28). The fourth-order valence-electron chi connectivity index (χ4n) is 2.77. The zero-order valence-electron chi connectivity index (χ0n) is 16.1. The van der Waals surface area contributed by atoms with Crippen molar-refractivity contribution in [2.75, 3.05) is 13.1 Å². The largest absolute Gasteiger partial charge is 0.350 e. The summed E-state index contributed by atoms with van der Waals surface area (Å²) in [6.07, 6.45) is 1.60. The summed E-state index contributed by atoms with van der Waals surface area (Å²) in [6, 6.07) is 17.0. The van der Waals surface area contributed by atoms with E-state index in [0.29, 0.717) is 24.7 Å². The van der Waals surface area contributed by atoms with Crippen LogP contribution in [-0.4, -0.2) is 44.8 Å². The third kappa shape index (κ3) is 5.89. The molecule has 0 unspecified atom stereocenters. The van der Waals surface area contributed by atoms with E-state index in [-0.39, 0.29) is 24.1 Å². The van der Waals surface area contributed by atoms with Gasteiger partial charge in [0, 0.05) is 18.1 Å². The van der Waals surface area contributed by atoms with Crippen LogP contribution in [0.2, 0.25) is 5.02 Å². The quantitative estimate of drug-likeness (QED) is 0.618. The molecule has 0 bridgehead atoms. The summed E-state index contributed by atoms with van der Waals surface area (Å²) in [5.74, 6) is -0.569. The first-order chi connectivity index (χ1) is 14.0. The van der Waals surface area contributed by atoms with Crippen LogP contribution in [0.15, 0.2) is 60.8 Å². The number of carbonyl (C=O) groups excluding carboxylic acids is 2. The second-order valence-electron chi connectivity index (χ2n) is 6.51. The van der Waals surface area contributed by atoms with Gasteiger partial charge < -0.3 is 10.2 Å². The van der Waals surface area contributed by atoms with E-state index >= 15 is 0 Å². The lowest BCUT2D eigenvalue weighted by atomic mass is 10.2. The number of hydrogen-bond acceptors (Lipinski definition) is 4. The van der Waals surface area contributed by atoms with Gasteiger partial charge in [-0.3, -0.25) is 9.59 Å². The Morgan fingerprint density at radius 3 is 2.48 bits per heavy atom. The van der Waals surface area contributed by atoms with Gasteiger partial charge in [-0.05, 0) is 30.2 Å². The van der Waals surface area contributed by atoms with Crippen molar-refractivity contribution in [3.63, 3.8) is 0 Å². The van der Waals surface area contributed by atoms with Crippen molar-refractivity contribution in [3.8, 4) is 0 Å². The maximum absolute atomic E-state index is 12.7. The van der Waals surface area contributed by atoms with Crippen molar-refractivity contribution in [2.45, 2.75) is 20.0 Å². The smallest absolute Gasteiger partial charge is 0.276 e. The van der Waals surface area contributed by atoms with Crippen LogP contribution < -0.4 is 5.32 Å². The van der Waals surface area contributed by atoms with Crippen LogP contribution in [0, 0.1) is 0 Å². The Labute approximate surface area is 174 Å². The molecule has 8 heteroatoms. The minimum atomic E-state index is -0.326. The molecule has 0 saturated carbocycles. The summed E-state index contributed by atoms with van der Waals surface area (Å²) in [5, 5.41) is 11.4. The Bertz CT molecular complexity index is 957. The molecule has 2 aromatic carbocycles. The van der Waals surface area contributed by atoms with E-state index in [1.54, 1.807) is 23.0 Å². The van der Waals surface area contributed by atoms with Crippen LogP contribution in [-0.2, 0) is 17.9 Å². The number of halogens is 1. The molecule has 0 aliphatic heterocycles. The number of nitrogens with zero attached hydrogens (tertiary/aromatic N) is 4. The summed E-state index contributed by atoms with van der Waals surface area (Å²) in [7, 11) is 0. The van der Waals surface area contributed by atoms with Crippen LogP contribution in [0.5, 0.6) is 0 Å². The molecular formula is C21H22ClN5O2. The Morgan fingerprint density at radius 2 is 1.79 bits per heavy atom. The lowest BCUT2D eigenvalue weighted by molar-refractivity contribution is -0.121. The molecule has 0 radical (unpaired) electrons. The highest BCUT2D eigenvalue weighted by molar-refractivity contribution is 6.30. The van der Waals surface area contributed by atoms with Gasteiger partial charge in [0.2, 0.25) is 5.91 Å². The highest BCUT2D eigenvalue weighted by atomic mass is 35.5. The summed E-state index contributed by atoms with van der Waals surface area (Å²) in [5.41, 5.74) is 2.21. The molecule has 0 atom stereocenters. The van der Waals surface area contributed by atoms with Crippen molar-refractivity contribution in [1.82, 2.24) is 25.2 Å². The van der Waals surface area contributed by atoms with Crippen molar-refractivity contribution in [1.29, 1.82) is 0 Å². The first kappa shape index (κ1) is 20.5. The maximum atomic E-state index is 12.7. The van der Waals surface area contributed by atoms with Gasteiger partial charge in [0.25, 0.3) is 5.91 Å². The predicted molar refractivity (Wildman–Crippen MR) is 110 cm³/mol. The number of nitrogens with one attached hydrogen (secondary N) is 1.